The number of rotatable bonds is 6. The Bertz CT molecular complexity index is 710. The van der Waals surface area contributed by atoms with Crippen LogP contribution >= 0.6 is 11.3 Å². The third-order valence-corrected chi connectivity index (χ3v) is 4.89. The third kappa shape index (κ3) is 3.13. The largest absolute Gasteiger partial charge is 0.458 e. The number of thiazole rings is 1. The summed E-state index contributed by atoms with van der Waals surface area (Å²) in [5.74, 6) is 1.72. The van der Waals surface area contributed by atoms with Crippen molar-refractivity contribution in [3.8, 4) is 11.5 Å². The highest BCUT2D eigenvalue weighted by Gasteiger charge is 2.15. The molecule has 22 heavy (non-hydrogen) atoms. The second-order valence-corrected chi connectivity index (χ2v) is 6.51. The van der Waals surface area contributed by atoms with E-state index >= 15 is 0 Å². The first-order chi connectivity index (χ1) is 10.7. The molecule has 3 aromatic heterocycles. The van der Waals surface area contributed by atoms with Gasteiger partial charge in [0.25, 0.3) is 0 Å². The summed E-state index contributed by atoms with van der Waals surface area (Å²) in [6.45, 7) is 7.03. The molecule has 0 aliphatic carbocycles. The van der Waals surface area contributed by atoms with E-state index in [1.165, 1.54) is 4.88 Å². The summed E-state index contributed by atoms with van der Waals surface area (Å²) in [5, 5.41) is 11.5. The van der Waals surface area contributed by atoms with Crippen LogP contribution < -0.4 is 5.32 Å². The second kappa shape index (κ2) is 6.46. The van der Waals surface area contributed by atoms with Gasteiger partial charge in [-0.3, -0.25) is 5.10 Å². The lowest BCUT2D eigenvalue weighted by Crippen LogP contribution is -2.19. The number of aromatic nitrogens is 3. The summed E-state index contributed by atoms with van der Waals surface area (Å²) < 4.78 is 5.84. The molecule has 0 unspecified atom stereocenters. The van der Waals surface area contributed by atoms with Crippen molar-refractivity contribution in [2.24, 2.45) is 0 Å². The van der Waals surface area contributed by atoms with Crippen molar-refractivity contribution in [3.63, 3.8) is 0 Å². The molecule has 3 rings (SSSR count). The summed E-state index contributed by atoms with van der Waals surface area (Å²) in [4.78, 5) is 5.94. The highest BCUT2D eigenvalue weighted by Crippen LogP contribution is 2.26. The van der Waals surface area contributed by atoms with E-state index < -0.39 is 0 Å². The normalized spacial score (nSPS) is 12.7. The van der Waals surface area contributed by atoms with E-state index in [0.29, 0.717) is 6.54 Å². The Morgan fingerprint density at radius 3 is 2.82 bits per heavy atom. The van der Waals surface area contributed by atoms with Crippen LogP contribution in [0.3, 0.4) is 0 Å². The SMILES string of the molecule is CC[C@H](NCc1ccc(-c2ccn[nH]2)o1)c1nc(C)c(C)s1. The number of H-pyrrole nitrogens is 1. The highest BCUT2D eigenvalue weighted by molar-refractivity contribution is 7.11. The van der Waals surface area contributed by atoms with Gasteiger partial charge in [-0.1, -0.05) is 6.92 Å². The van der Waals surface area contributed by atoms with Crippen LogP contribution in [0.5, 0.6) is 0 Å². The molecular formula is C16H20N4OS. The average molecular weight is 316 g/mol. The number of aromatic amines is 1. The third-order valence-electron chi connectivity index (χ3n) is 3.70. The van der Waals surface area contributed by atoms with Gasteiger partial charge in [0.2, 0.25) is 0 Å². The Morgan fingerprint density at radius 1 is 1.32 bits per heavy atom. The molecule has 0 aliphatic rings. The van der Waals surface area contributed by atoms with Gasteiger partial charge in [0, 0.05) is 11.1 Å². The smallest absolute Gasteiger partial charge is 0.152 e. The topological polar surface area (TPSA) is 66.7 Å². The van der Waals surface area contributed by atoms with Gasteiger partial charge >= 0.3 is 0 Å². The Balaban J connectivity index is 1.66. The number of nitrogens with one attached hydrogen (secondary N) is 2. The van der Waals surface area contributed by atoms with Gasteiger partial charge in [-0.25, -0.2) is 4.98 Å². The first kappa shape index (κ1) is 15.0. The van der Waals surface area contributed by atoms with Crippen LogP contribution in [0.15, 0.2) is 28.8 Å². The van der Waals surface area contributed by atoms with Gasteiger partial charge in [-0.05, 0) is 38.5 Å². The van der Waals surface area contributed by atoms with Gasteiger partial charge in [0.15, 0.2) is 5.76 Å². The first-order valence-corrected chi connectivity index (χ1v) is 8.24. The molecule has 0 radical (unpaired) electrons. The molecule has 0 saturated carbocycles. The van der Waals surface area contributed by atoms with E-state index in [9.17, 15) is 0 Å². The van der Waals surface area contributed by atoms with Gasteiger partial charge in [-0.2, -0.15) is 5.10 Å². The van der Waals surface area contributed by atoms with Gasteiger partial charge < -0.3 is 9.73 Å². The Hall–Kier alpha value is -1.92. The number of nitrogens with zero attached hydrogens (tertiary/aromatic N) is 2. The molecule has 116 valence electrons. The monoisotopic (exact) mass is 316 g/mol. The van der Waals surface area contributed by atoms with Crippen LogP contribution in [0.2, 0.25) is 0 Å². The molecule has 0 amide bonds. The van der Waals surface area contributed by atoms with E-state index in [-0.39, 0.29) is 6.04 Å². The number of aryl methyl sites for hydroxylation is 2. The van der Waals surface area contributed by atoms with Crippen LogP contribution in [0.25, 0.3) is 11.5 Å². The molecule has 0 saturated heterocycles. The van der Waals surface area contributed by atoms with Gasteiger partial charge in [-0.15, -0.1) is 11.3 Å². The molecule has 2 N–H and O–H groups in total. The lowest BCUT2D eigenvalue weighted by molar-refractivity contribution is 0.447. The minimum Gasteiger partial charge on any atom is -0.458 e. The van der Waals surface area contributed by atoms with Crippen LogP contribution in [-0.2, 0) is 6.54 Å². The maximum absolute atomic E-state index is 5.84. The maximum Gasteiger partial charge on any atom is 0.152 e. The minimum absolute atomic E-state index is 0.262. The Kier molecular flexibility index (Phi) is 4.40. The van der Waals surface area contributed by atoms with Crippen molar-refractivity contribution in [1.29, 1.82) is 0 Å². The molecule has 0 bridgehead atoms. The predicted molar refractivity (Wildman–Crippen MR) is 87.7 cm³/mol. The summed E-state index contributed by atoms with van der Waals surface area (Å²) in [7, 11) is 0. The van der Waals surface area contributed by atoms with E-state index in [0.717, 1.165) is 34.3 Å². The molecule has 0 fully saturated rings. The highest BCUT2D eigenvalue weighted by atomic mass is 32.1. The molecule has 0 aromatic carbocycles. The Labute approximate surface area is 133 Å². The minimum atomic E-state index is 0.262. The van der Waals surface area contributed by atoms with Gasteiger partial charge in [0.1, 0.15) is 16.5 Å². The van der Waals surface area contributed by atoms with E-state index in [4.69, 9.17) is 4.42 Å². The van der Waals surface area contributed by atoms with Crippen molar-refractivity contribution in [3.05, 3.63) is 45.7 Å². The fourth-order valence-corrected chi connectivity index (χ4v) is 3.37. The van der Waals surface area contributed by atoms with Crippen LogP contribution in [0, 0.1) is 13.8 Å². The lowest BCUT2D eigenvalue weighted by Gasteiger charge is -2.13. The Morgan fingerprint density at radius 2 is 2.18 bits per heavy atom. The first-order valence-electron chi connectivity index (χ1n) is 7.43. The zero-order valence-corrected chi connectivity index (χ0v) is 13.8. The van der Waals surface area contributed by atoms with Crippen LogP contribution in [-0.4, -0.2) is 15.2 Å². The van der Waals surface area contributed by atoms with Crippen molar-refractivity contribution in [2.45, 2.75) is 39.8 Å². The van der Waals surface area contributed by atoms with Crippen molar-refractivity contribution >= 4 is 11.3 Å². The second-order valence-electron chi connectivity index (χ2n) is 5.27. The molecule has 6 heteroatoms. The quantitative estimate of drug-likeness (QED) is 0.722. The predicted octanol–water partition coefficient (Wildman–Crippen LogP) is 3.98. The number of hydrogen-bond donors (Lipinski definition) is 2. The zero-order chi connectivity index (χ0) is 15.5. The standard InChI is InChI=1S/C16H20N4OS/c1-4-13(16-19-10(2)11(3)22-16)17-9-12-5-6-15(21-12)14-7-8-18-20-14/h5-8,13,17H,4,9H2,1-3H3,(H,18,20)/t13-/m0/s1. The van der Waals surface area contributed by atoms with Crippen molar-refractivity contribution < 1.29 is 4.42 Å². The summed E-state index contributed by atoms with van der Waals surface area (Å²) in [5.41, 5.74) is 2.02. The molecule has 5 nitrogen and oxygen atoms in total. The molecule has 3 heterocycles. The molecule has 0 spiro atoms. The van der Waals surface area contributed by atoms with E-state index in [1.54, 1.807) is 17.5 Å². The maximum atomic E-state index is 5.84. The zero-order valence-electron chi connectivity index (χ0n) is 13.0. The molecule has 0 aliphatic heterocycles. The molecule has 3 aromatic rings. The van der Waals surface area contributed by atoms with Crippen molar-refractivity contribution in [1.82, 2.24) is 20.5 Å². The van der Waals surface area contributed by atoms with E-state index in [2.05, 4.69) is 41.3 Å². The summed E-state index contributed by atoms with van der Waals surface area (Å²) in [6, 6.07) is 6.11. The summed E-state index contributed by atoms with van der Waals surface area (Å²) in [6.07, 6.45) is 2.72. The van der Waals surface area contributed by atoms with Crippen LogP contribution in [0.4, 0.5) is 0 Å². The number of furan rings is 1. The number of hydrogen-bond acceptors (Lipinski definition) is 5. The molecule has 1 atom stereocenters. The fraction of sp³-hybridized carbons (Fsp3) is 0.375. The summed E-state index contributed by atoms with van der Waals surface area (Å²) >= 11 is 1.77. The fourth-order valence-electron chi connectivity index (χ4n) is 2.29. The van der Waals surface area contributed by atoms with Crippen LogP contribution in [0.1, 0.15) is 40.7 Å². The average Bonchev–Trinajstić information content (AvgIpc) is 3.22. The molecular weight excluding hydrogens is 296 g/mol. The lowest BCUT2D eigenvalue weighted by atomic mass is 10.2. The van der Waals surface area contributed by atoms with Crippen molar-refractivity contribution in [2.75, 3.05) is 0 Å². The van der Waals surface area contributed by atoms with Gasteiger partial charge in [0.05, 0.1) is 18.3 Å². The van der Waals surface area contributed by atoms with E-state index in [1.807, 2.05) is 18.2 Å².